The average Bonchev–Trinajstić information content (AvgIpc) is 3.02. The molecule has 2 fully saturated rings. The van der Waals surface area contributed by atoms with E-state index in [2.05, 4.69) is 28.2 Å². The van der Waals surface area contributed by atoms with Crippen molar-refractivity contribution in [1.29, 1.82) is 0 Å². The highest BCUT2D eigenvalue weighted by Crippen LogP contribution is 2.40. The molecule has 3 rings (SSSR count). The first-order chi connectivity index (χ1) is 9.45. The third kappa shape index (κ3) is 2.27. The van der Waals surface area contributed by atoms with Crippen molar-refractivity contribution < 1.29 is 8.42 Å². The van der Waals surface area contributed by atoms with Gasteiger partial charge in [-0.2, -0.15) is 4.31 Å². The van der Waals surface area contributed by atoms with Crippen LogP contribution in [0.4, 0.5) is 0 Å². The third-order valence-electron chi connectivity index (χ3n) is 4.52. The normalized spacial score (nSPS) is 30.9. The lowest BCUT2D eigenvalue weighted by atomic mass is 9.93. The number of hydrogen-bond donors (Lipinski definition) is 1. The van der Waals surface area contributed by atoms with Crippen molar-refractivity contribution in [1.82, 2.24) is 9.62 Å². The number of halogens is 1. The van der Waals surface area contributed by atoms with E-state index < -0.39 is 10.0 Å². The minimum atomic E-state index is -3.37. The largest absolute Gasteiger partial charge is 0.316 e. The molecule has 112 valence electrons. The Morgan fingerprint density at radius 1 is 1.50 bits per heavy atom. The first-order valence-corrected chi connectivity index (χ1v) is 9.98. The molecule has 0 amide bonds. The Hall–Kier alpha value is 0.0500. The van der Waals surface area contributed by atoms with Gasteiger partial charge in [0, 0.05) is 17.5 Å². The van der Waals surface area contributed by atoms with Gasteiger partial charge in [0.2, 0.25) is 10.0 Å². The number of aryl methyl sites for hydroxylation is 1. The van der Waals surface area contributed by atoms with Crippen LogP contribution >= 0.6 is 27.3 Å². The maximum Gasteiger partial charge on any atom is 0.244 e. The Labute approximate surface area is 132 Å². The summed E-state index contributed by atoms with van der Waals surface area (Å²) < 4.78 is 28.6. The van der Waals surface area contributed by atoms with Gasteiger partial charge in [-0.25, -0.2) is 8.42 Å². The predicted octanol–water partition coefficient (Wildman–Crippen LogP) is 2.44. The Morgan fingerprint density at radius 2 is 2.25 bits per heavy atom. The lowest BCUT2D eigenvalue weighted by molar-refractivity contribution is 0.329. The summed E-state index contributed by atoms with van der Waals surface area (Å²) >= 11 is 4.87. The van der Waals surface area contributed by atoms with Gasteiger partial charge in [0.25, 0.3) is 0 Å². The number of rotatable bonds is 3. The van der Waals surface area contributed by atoms with Crippen molar-refractivity contribution in [3.05, 3.63) is 14.7 Å². The van der Waals surface area contributed by atoms with Gasteiger partial charge in [-0.3, -0.25) is 0 Å². The van der Waals surface area contributed by atoms with Crippen LogP contribution in [0.1, 0.15) is 18.2 Å². The molecule has 2 aliphatic rings. The highest BCUT2D eigenvalue weighted by Gasteiger charge is 2.48. The van der Waals surface area contributed by atoms with Gasteiger partial charge in [0.15, 0.2) is 0 Å². The van der Waals surface area contributed by atoms with E-state index >= 15 is 0 Å². The highest BCUT2D eigenvalue weighted by atomic mass is 79.9. The fraction of sp³-hybridized carbons (Fsp3) is 0.692. The Bertz CT molecular complexity index is 614. The van der Waals surface area contributed by atoms with E-state index in [4.69, 9.17) is 0 Å². The maximum atomic E-state index is 13.0. The van der Waals surface area contributed by atoms with Crippen LogP contribution in [0.2, 0.25) is 0 Å². The molecule has 3 atom stereocenters. The van der Waals surface area contributed by atoms with Crippen LogP contribution in [0.25, 0.3) is 0 Å². The summed E-state index contributed by atoms with van der Waals surface area (Å²) in [6.07, 6.45) is 0.881. The number of fused-ring (bicyclic) bond motifs is 1. The summed E-state index contributed by atoms with van der Waals surface area (Å²) in [6.45, 7) is 6.51. The molecule has 2 saturated heterocycles. The molecule has 1 aromatic rings. The van der Waals surface area contributed by atoms with Gasteiger partial charge in [-0.15, -0.1) is 11.3 Å². The molecule has 4 nitrogen and oxygen atoms in total. The van der Waals surface area contributed by atoms with E-state index in [1.807, 2.05) is 6.92 Å². The molecule has 1 aromatic heterocycles. The molecule has 0 aliphatic carbocycles. The number of nitrogens with zero attached hydrogens (tertiary/aromatic N) is 1. The topological polar surface area (TPSA) is 49.4 Å². The molecular formula is C13H19BrN2O2S2. The first-order valence-electron chi connectivity index (χ1n) is 6.93. The lowest BCUT2D eigenvalue weighted by Gasteiger charge is -2.26. The van der Waals surface area contributed by atoms with Crippen molar-refractivity contribution in [2.24, 2.45) is 11.8 Å². The molecule has 0 saturated carbocycles. The summed E-state index contributed by atoms with van der Waals surface area (Å²) in [5.74, 6) is 0.939. The number of hydrogen-bond acceptors (Lipinski definition) is 4. The minimum absolute atomic E-state index is 0.137. The third-order valence-corrected chi connectivity index (χ3v) is 8.22. The van der Waals surface area contributed by atoms with Crippen molar-refractivity contribution in [2.75, 3.05) is 19.6 Å². The van der Waals surface area contributed by atoms with Crippen LogP contribution in [-0.4, -0.2) is 38.4 Å². The highest BCUT2D eigenvalue weighted by molar-refractivity contribution is 9.11. The molecule has 0 aromatic carbocycles. The molecule has 0 spiro atoms. The summed E-state index contributed by atoms with van der Waals surface area (Å²) in [7, 11) is -3.37. The molecule has 1 N–H and O–H groups in total. The van der Waals surface area contributed by atoms with Gasteiger partial charge < -0.3 is 5.32 Å². The second-order valence-electron chi connectivity index (χ2n) is 5.60. The standard InChI is InChI=1S/C13H19BrN2O2S2/c1-3-11-10-6-15-5-9(10)7-16(11)20(17,18)12-4-13(14)19-8(12)2/h4,9-11,15H,3,5-7H2,1-2H3. The summed E-state index contributed by atoms with van der Waals surface area (Å²) in [6, 6.07) is 1.88. The molecular weight excluding hydrogens is 360 g/mol. The second kappa shape index (κ2) is 5.35. The number of sulfonamides is 1. The van der Waals surface area contributed by atoms with Gasteiger partial charge in [0.05, 0.1) is 8.68 Å². The number of nitrogens with one attached hydrogen (secondary N) is 1. The molecule has 0 bridgehead atoms. The minimum Gasteiger partial charge on any atom is -0.316 e. The van der Waals surface area contributed by atoms with Crippen LogP contribution < -0.4 is 5.32 Å². The van der Waals surface area contributed by atoms with Crippen molar-refractivity contribution in [3.63, 3.8) is 0 Å². The van der Waals surface area contributed by atoms with Crippen molar-refractivity contribution >= 4 is 37.3 Å². The van der Waals surface area contributed by atoms with E-state index in [0.29, 0.717) is 23.3 Å². The number of thiophene rings is 1. The quantitative estimate of drug-likeness (QED) is 0.878. The van der Waals surface area contributed by atoms with Gasteiger partial charge in [0.1, 0.15) is 0 Å². The zero-order valence-corrected chi connectivity index (χ0v) is 14.8. The molecule has 2 aliphatic heterocycles. The Kier molecular flexibility index (Phi) is 4.01. The molecule has 0 radical (unpaired) electrons. The average molecular weight is 379 g/mol. The fourth-order valence-corrected chi connectivity index (χ4v) is 7.77. The predicted molar refractivity (Wildman–Crippen MR) is 84.6 cm³/mol. The van der Waals surface area contributed by atoms with Gasteiger partial charge in [-0.1, -0.05) is 6.92 Å². The summed E-state index contributed by atoms with van der Waals surface area (Å²) in [4.78, 5) is 1.34. The van der Waals surface area contributed by atoms with E-state index in [1.54, 1.807) is 10.4 Å². The monoisotopic (exact) mass is 378 g/mol. The molecule has 20 heavy (non-hydrogen) atoms. The Balaban J connectivity index is 1.97. The van der Waals surface area contributed by atoms with Gasteiger partial charge >= 0.3 is 0 Å². The van der Waals surface area contributed by atoms with Crippen LogP contribution in [0.15, 0.2) is 14.7 Å². The van der Waals surface area contributed by atoms with Crippen molar-refractivity contribution in [3.8, 4) is 0 Å². The zero-order chi connectivity index (χ0) is 14.5. The molecule has 3 unspecified atom stereocenters. The summed E-state index contributed by atoms with van der Waals surface area (Å²) in [5.41, 5.74) is 0. The first kappa shape index (κ1) is 15.0. The van der Waals surface area contributed by atoms with Crippen LogP contribution in [0, 0.1) is 18.8 Å². The van der Waals surface area contributed by atoms with Crippen LogP contribution in [0.5, 0.6) is 0 Å². The SMILES string of the molecule is CCC1C2CNCC2CN1S(=O)(=O)c1cc(Br)sc1C. The Morgan fingerprint density at radius 3 is 2.85 bits per heavy atom. The summed E-state index contributed by atoms with van der Waals surface area (Å²) in [5, 5.41) is 3.39. The van der Waals surface area contributed by atoms with E-state index in [1.165, 1.54) is 11.3 Å². The molecule has 7 heteroatoms. The smallest absolute Gasteiger partial charge is 0.244 e. The van der Waals surface area contributed by atoms with E-state index in [-0.39, 0.29) is 6.04 Å². The van der Waals surface area contributed by atoms with Crippen LogP contribution in [0.3, 0.4) is 0 Å². The zero-order valence-electron chi connectivity index (χ0n) is 11.6. The van der Waals surface area contributed by atoms with E-state index in [9.17, 15) is 8.42 Å². The van der Waals surface area contributed by atoms with Gasteiger partial charge in [-0.05, 0) is 60.3 Å². The lowest BCUT2D eigenvalue weighted by Crippen LogP contribution is -2.39. The fourth-order valence-electron chi connectivity index (χ4n) is 3.58. The molecule has 3 heterocycles. The maximum absolute atomic E-state index is 13.0. The second-order valence-corrected chi connectivity index (χ2v) is 10.1. The van der Waals surface area contributed by atoms with E-state index in [0.717, 1.165) is 28.2 Å². The van der Waals surface area contributed by atoms with Crippen LogP contribution in [-0.2, 0) is 10.0 Å². The van der Waals surface area contributed by atoms with Crippen molar-refractivity contribution in [2.45, 2.75) is 31.2 Å².